The zero-order valence-electron chi connectivity index (χ0n) is 31.0. The molecular formula is C47H54N5+. The highest BCUT2D eigenvalue weighted by Gasteiger charge is 2.19. The van der Waals surface area contributed by atoms with Gasteiger partial charge in [0.1, 0.15) is 0 Å². The lowest BCUT2D eigenvalue weighted by Crippen LogP contribution is -2.45. The molecule has 5 heteroatoms. The minimum absolute atomic E-state index is 0.534. The second kappa shape index (κ2) is 17.5. The average Bonchev–Trinajstić information content (AvgIpc) is 3.19. The van der Waals surface area contributed by atoms with Crippen molar-refractivity contribution in [2.24, 2.45) is 5.92 Å². The van der Waals surface area contributed by atoms with Crippen molar-refractivity contribution in [3.8, 4) is 0 Å². The summed E-state index contributed by atoms with van der Waals surface area (Å²) in [6.07, 6.45) is 9.04. The van der Waals surface area contributed by atoms with Crippen molar-refractivity contribution < 1.29 is 4.57 Å². The quantitative estimate of drug-likeness (QED) is 0.122. The van der Waals surface area contributed by atoms with Crippen LogP contribution >= 0.6 is 0 Å². The maximum absolute atomic E-state index is 2.56. The molecule has 2 fully saturated rings. The first-order valence-electron chi connectivity index (χ1n) is 19.2. The van der Waals surface area contributed by atoms with Crippen LogP contribution in [0.3, 0.4) is 0 Å². The zero-order valence-corrected chi connectivity index (χ0v) is 31.0. The number of anilines is 2. The summed E-state index contributed by atoms with van der Waals surface area (Å²) in [4.78, 5) is 10.2. The largest absolute Gasteiger partial charge is 0.369 e. The van der Waals surface area contributed by atoms with Crippen molar-refractivity contribution in [3.05, 3.63) is 161 Å². The topological polar surface area (TPSA) is 16.8 Å². The highest BCUT2D eigenvalue weighted by atomic mass is 15.3. The summed E-state index contributed by atoms with van der Waals surface area (Å²) in [5.41, 5.74) is 10.3. The molecule has 3 heterocycles. The van der Waals surface area contributed by atoms with Crippen LogP contribution in [0.15, 0.2) is 127 Å². The molecule has 0 bridgehead atoms. The van der Waals surface area contributed by atoms with Crippen molar-refractivity contribution in [1.82, 2.24) is 9.80 Å². The molecule has 52 heavy (non-hydrogen) atoms. The molecule has 0 radical (unpaired) electrons. The van der Waals surface area contributed by atoms with Crippen LogP contribution in [-0.4, -0.2) is 62.2 Å². The van der Waals surface area contributed by atoms with Crippen LogP contribution in [0.5, 0.6) is 0 Å². The third kappa shape index (κ3) is 9.67. The van der Waals surface area contributed by atoms with Crippen molar-refractivity contribution in [1.29, 1.82) is 0 Å². The highest BCUT2D eigenvalue weighted by Crippen LogP contribution is 2.21. The SMILES string of the molecule is CC(C)C[n+]1c(/C=C/c2ccc(N3CCN(Cc4ccccc4)CC3)cc2)cccc1/C=C/c1ccc(N2CCN(Cc3ccccc3)CC2)cc1. The Bertz CT molecular complexity index is 1750. The van der Waals surface area contributed by atoms with E-state index in [2.05, 4.69) is 190 Å². The number of benzene rings is 4. The summed E-state index contributed by atoms with van der Waals surface area (Å²) in [6.45, 7) is 16.2. The van der Waals surface area contributed by atoms with E-state index in [-0.39, 0.29) is 0 Å². The molecule has 5 aromatic rings. The van der Waals surface area contributed by atoms with E-state index >= 15 is 0 Å². The lowest BCUT2D eigenvalue weighted by atomic mass is 10.1. The summed E-state index contributed by atoms with van der Waals surface area (Å²) < 4.78 is 2.45. The van der Waals surface area contributed by atoms with Gasteiger partial charge in [-0.05, 0) is 64.7 Å². The van der Waals surface area contributed by atoms with Crippen molar-refractivity contribution in [2.45, 2.75) is 33.5 Å². The number of pyridine rings is 1. The third-order valence-corrected chi connectivity index (χ3v) is 10.4. The second-order valence-electron chi connectivity index (χ2n) is 14.7. The first-order valence-corrected chi connectivity index (χ1v) is 19.2. The molecule has 0 unspecified atom stereocenters. The van der Waals surface area contributed by atoms with Gasteiger partial charge in [0, 0.05) is 107 Å². The van der Waals surface area contributed by atoms with E-state index in [1.165, 1.54) is 45.0 Å². The normalized spacial score (nSPS) is 16.1. The Kier molecular flexibility index (Phi) is 11.9. The Morgan fingerprint density at radius 1 is 0.462 bits per heavy atom. The maximum Gasteiger partial charge on any atom is 0.205 e. The predicted octanol–water partition coefficient (Wildman–Crippen LogP) is 8.62. The van der Waals surface area contributed by atoms with Gasteiger partial charge < -0.3 is 9.80 Å². The maximum atomic E-state index is 2.56. The minimum atomic E-state index is 0.534. The van der Waals surface area contributed by atoms with Gasteiger partial charge in [-0.25, -0.2) is 0 Å². The van der Waals surface area contributed by atoms with Gasteiger partial charge in [-0.15, -0.1) is 0 Å². The van der Waals surface area contributed by atoms with E-state index in [4.69, 9.17) is 0 Å². The molecule has 4 aromatic carbocycles. The van der Waals surface area contributed by atoms with Crippen molar-refractivity contribution in [2.75, 3.05) is 62.2 Å². The van der Waals surface area contributed by atoms with E-state index in [1.54, 1.807) is 0 Å². The van der Waals surface area contributed by atoms with Gasteiger partial charge in [0.15, 0.2) is 6.54 Å². The van der Waals surface area contributed by atoms with E-state index < -0.39 is 0 Å². The molecule has 1 aromatic heterocycles. The molecule has 0 spiro atoms. The molecule has 266 valence electrons. The summed E-state index contributed by atoms with van der Waals surface area (Å²) in [5.74, 6) is 0.534. The van der Waals surface area contributed by atoms with Crippen LogP contribution in [0.25, 0.3) is 24.3 Å². The molecule has 2 aliphatic heterocycles. The summed E-state index contributed by atoms with van der Waals surface area (Å²) in [7, 11) is 0. The van der Waals surface area contributed by atoms with Crippen LogP contribution in [0.4, 0.5) is 11.4 Å². The Morgan fingerprint density at radius 3 is 1.25 bits per heavy atom. The molecule has 5 nitrogen and oxygen atoms in total. The number of nitrogens with zero attached hydrogens (tertiary/aromatic N) is 5. The molecule has 2 aliphatic rings. The Morgan fingerprint density at radius 2 is 0.865 bits per heavy atom. The van der Waals surface area contributed by atoms with Gasteiger partial charge in [-0.2, -0.15) is 4.57 Å². The van der Waals surface area contributed by atoms with E-state index in [1.807, 2.05) is 0 Å². The lowest BCUT2D eigenvalue weighted by molar-refractivity contribution is -0.705. The van der Waals surface area contributed by atoms with Crippen molar-refractivity contribution in [3.63, 3.8) is 0 Å². The number of rotatable bonds is 12. The average molecular weight is 689 g/mol. The lowest BCUT2D eigenvalue weighted by Gasteiger charge is -2.36. The summed E-state index contributed by atoms with van der Waals surface area (Å²) in [5, 5.41) is 0. The number of aromatic nitrogens is 1. The van der Waals surface area contributed by atoms with Gasteiger partial charge in [0.05, 0.1) is 0 Å². The fraction of sp³-hybridized carbons (Fsp3) is 0.298. The number of hydrogen-bond donors (Lipinski definition) is 0. The van der Waals surface area contributed by atoms with Crippen LogP contribution in [0, 0.1) is 5.92 Å². The first kappa shape index (κ1) is 35.4. The smallest absolute Gasteiger partial charge is 0.205 e. The van der Waals surface area contributed by atoms with Gasteiger partial charge in [-0.3, -0.25) is 9.80 Å². The van der Waals surface area contributed by atoms with E-state index in [0.717, 1.165) is 72.0 Å². The molecule has 7 rings (SSSR count). The fourth-order valence-electron chi connectivity index (χ4n) is 7.41. The second-order valence-corrected chi connectivity index (χ2v) is 14.7. The van der Waals surface area contributed by atoms with Crippen LogP contribution < -0.4 is 14.4 Å². The predicted molar refractivity (Wildman–Crippen MR) is 220 cm³/mol. The molecular weight excluding hydrogens is 635 g/mol. The molecule has 0 N–H and O–H groups in total. The van der Waals surface area contributed by atoms with Crippen LogP contribution in [-0.2, 0) is 19.6 Å². The monoisotopic (exact) mass is 688 g/mol. The Hall–Kier alpha value is -4.97. The van der Waals surface area contributed by atoms with Gasteiger partial charge in [0.2, 0.25) is 11.4 Å². The highest BCUT2D eigenvalue weighted by molar-refractivity contribution is 5.70. The standard InChI is InChI=1S/C47H54N5/c1-39(2)36-52-46(26-20-40-16-22-44(23-17-40)50-32-28-48(29-33-50)37-42-10-5-3-6-11-42)14-9-15-47(52)27-21-41-18-24-45(25-19-41)51-34-30-49(31-35-51)38-43-12-7-4-8-13-43/h3-27,39H,28-38H2,1-2H3/q+1. The van der Waals surface area contributed by atoms with Gasteiger partial charge in [0.25, 0.3) is 0 Å². The van der Waals surface area contributed by atoms with Crippen LogP contribution in [0.2, 0.25) is 0 Å². The molecule has 0 atom stereocenters. The van der Waals surface area contributed by atoms with Gasteiger partial charge >= 0.3 is 0 Å². The third-order valence-electron chi connectivity index (χ3n) is 10.4. The Balaban J connectivity index is 0.952. The van der Waals surface area contributed by atoms with Gasteiger partial charge in [-0.1, -0.05) is 98.8 Å². The van der Waals surface area contributed by atoms with Crippen molar-refractivity contribution >= 4 is 35.7 Å². The zero-order chi connectivity index (χ0) is 35.5. The first-order chi connectivity index (χ1) is 25.6. The molecule has 0 amide bonds. The molecule has 0 aliphatic carbocycles. The number of piperazine rings is 2. The molecule has 2 saturated heterocycles. The Labute approximate surface area is 311 Å². The minimum Gasteiger partial charge on any atom is -0.369 e. The van der Waals surface area contributed by atoms with E-state index in [0.29, 0.717) is 5.92 Å². The van der Waals surface area contributed by atoms with Crippen LogP contribution in [0.1, 0.15) is 47.5 Å². The summed E-state index contributed by atoms with van der Waals surface area (Å²) in [6, 6.07) is 46.4. The number of hydrogen-bond acceptors (Lipinski definition) is 4. The summed E-state index contributed by atoms with van der Waals surface area (Å²) >= 11 is 0. The van der Waals surface area contributed by atoms with E-state index in [9.17, 15) is 0 Å². The fourth-order valence-corrected chi connectivity index (χ4v) is 7.41. The molecule has 0 saturated carbocycles.